The molecule has 5 heteroatoms. The number of rotatable bonds is 5. The van der Waals surface area contributed by atoms with Crippen LogP contribution in [0.1, 0.15) is 45.8 Å². The summed E-state index contributed by atoms with van der Waals surface area (Å²) < 4.78 is 5.84. The molecule has 1 rings (SSSR count). The van der Waals surface area contributed by atoms with Gasteiger partial charge in [-0.15, -0.1) is 0 Å². The molecule has 20 heavy (non-hydrogen) atoms. The van der Waals surface area contributed by atoms with E-state index in [0.29, 0.717) is 28.1 Å². The third kappa shape index (κ3) is 5.96. The van der Waals surface area contributed by atoms with E-state index in [-0.39, 0.29) is 11.6 Å². The van der Waals surface area contributed by atoms with Crippen LogP contribution in [0.5, 0.6) is 0 Å². The Hall–Kier alpha value is -0.350. The topological polar surface area (TPSA) is 21.3 Å². The molecule has 0 amide bonds. The molecular weight excluding hydrogens is 313 g/mol. The molecule has 0 aromatic heterocycles. The SMILES string of the molecule is CCC(=S)OC(CNC(C)(C)C)c1ccc(Cl)c(Cl)c1. The lowest BCUT2D eigenvalue weighted by Gasteiger charge is -2.26. The third-order valence-electron chi connectivity index (χ3n) is 2.70. The zero-order valence-electron chi connectivity index (χ0n) is 12.3. The molecule has 1 unspecified atom stereocenters. The largest absolute Gasteiger partial charge is 0.478 e. The van der Waals surface area contributed by atoms with Gasteiger partial charge in [-0.2, -0.15) is 0 Å². The molecule has 0 heterocycles. The van der Waals surface area contributed by atoms with E-state index in [2.05, 4.69) is 26.1 Å². The Labute approximate surface area is 136 Å². The lowest BCUT2D eigenvalue weighted by atomic mass is 10.1. The van der Waals surface area contributed by atoms with Crippen molar-refractivity contribution in [2.24, 2.45) is 0 Å². The first-order valence-corrected chi connectivity index (χ1v) is 7.79. The average Bonchev–Trinajstić information content (AvgIpc) is 2.36. The van der Waals surface area contributed by atoms with E-state index >= 15 is 0 Å². The van der Waals surface area contributed by atoms with Crippen molar-refractivity contribution >= 4 is 40.5 Å². The van der Waals surface area contributed by atoms with Gasteiger partial charge in [-0.1, -0.05) is 36.2 Å². The van der Waals surface area contributed by atoms with Crippen molar-refractivity contribution in [3.05, 3.63) is 33.8 Å². The van der Waals surface area contributed by atoms with Gasteiger partial charge >= 0.3 is 0 Å². The fourth-order valence-corrected chi connectivity index (χ4v) is 2.00. The van der Waals surface area contributed by atoms with Crippen molar-refractivity contribution in [2.45, 2.75) is 45.8 Å². The van der Waals surface area contributed by atoms with Gasteiger partial charge in [0.25, 0.3) is 0 Å². The summed E-state index contributed by atoms with van der Waals surface area (Å²) in [4.78, 5) is 0. The Morgan fingerprint density at radius 3 is 2.45 bits per heavy atom. The number of hydrogen-bond acceptors (Lipinski definition) is 3. The van der Waals surface area contributed by atoms with Crippen LogP contribution in [0.4, 0.5) is 0 Å². The van der Waals surface area contributed by atoms with Crippen LogP contribution in [0, 0.1) is 0 Å². The van der Waals surface area contributed by atoms with E-state index < -0.39 is 0 Å². The highest BCUT2D eigenvalue weighted by atomic mass is 35.5. The summed E-state index contributed by atoms with van der Waals surface area (Å²) in [6, 6.07) is 5.53. The zero-order chi connectivity index (χ0) is 15.3. The van der Waals surface area contributed by atoms with E-state index in [0.717, 1.165) is 5.56 Å². The predicted octanol–water partition coefficient (Wildman–Crippen LogP) is 5.18. The van der Waals surface area contributed by atoms with Gasteiger partial charge in [0.05, 0.1) is 10.0 Å². The van der Waals surface area contributed by atoms with Gasteiger partial charge in [-0.25, -0.2) is 0 Å². The van der Waals surface area contributed by atoms with Crippen molar-refractivity contribution in [1.29, 1.82) is 0 Å². The third-order valence-corrected chi connectivity index (χ3v) is 3.82. The normalized spacial score (nSPS) is 13.1. The second-order valence-corrected chi connectivity index (χ2v) is 6.91. The Kier molecular flexibility index (Phi) is 6.73. The fraction of sp³-hybridized carbons (Fsp3) is 0.533. The smallest absolute Gasteiger partial charge is 0.160 e. The molecule has 1 aromatic rings. The lowest BCUT2D eigenvalue weighted by molar-refractivity contribution is 0.177. The maximum absolute atomic E-state index is 6.08. The van der Waals surface area contributed by atoms with E-state index in [1.54, 1.807) is 6.07 Å². The van der Waals surface area contributed by atoms with Crippen molar-refractivity contribution in [3.8, 4) is 0 Å². The van der Waals surface area contributed by atoms with Crippen LogP contribution in [0.2, 0.25) is 10.0 Å². The molecule has 1 aromatic carbocycles. The van der Waals surface area contributed by atoms with Crippen LogP contribution in [-0.4, -0.2) is 17.1 Å². The molecule has 0 aliphatic heterocycles. The second kappa shape index (κ2) is 7.60. The van der Waals surface area contributed by atoms with Crippen LogP contribution in [-0.2, 0) is 4.74 Å². The molecule has 0 fully saturated rings. The molecule has 0 bridgehead atoms. The van der Waals surface area contributed by atoms with Gasteiger partial charge in [0.1, 0.15) is 6.10 Å². The van der Waals surface area contributed by atoms with E-state index in [1.807, 2.05) is 19.1 Å². The van der Waals surface area contributed by atoms with Crippen LogP contribution in [0.3, 0.4) is 0 Å². The molecule has 0 aliphatic rings. The van der Waals surface area contributed by atoms with E-state index in [1.165, 1.54) is 0 Å². The van der Waals surface area contributed by atoms with Crippen LogP contribution in [0.15, 0.2) is 18.2 Å². The van der Waals surface area contributed by atoms with Crippen molar-refractivity contribution in [3.63, 3.8) is 0 Å². The molecule has 1 atom stereocenters. The molecule has 112 valence electrons. The van der Waals surface area contributed by atoms with Crippen LogP contribution in [0.25, 0.3) is 0 Å². The first-order valence-electron chi connectivity index (χ1n) is 6.62. The Bertz CT molecular complexity index is 471. The standard InChI is InChI=1S/C15H21Cl2NOS/c1-5-14(20)19-13(9-18-15(2,3)4)10-6-7-11(16)12(17)8-10/h6-8,13,18H,5,9H2,1-4H3. The van der Waals surface area contributed by atoms with Crippen molar-refractivity contribution < 1.29 is 4.74 Å². The van der Waals surface area contributed by atoms with E-state index in [9.17, 15) is 0 Å². The maximum Gasteiger partial charge on any atom is 0.160 e. The van der Waals surface area contributed by atoms with E-state index in [4.69, 9.17) is 40.2 Å². The fourth-order valence-electron chi connectivity index (χ4n) is 1.58. The van der Waals surface area contributed by atoms with Crippen molar-refractivity contribution in [2.75, 3.05) is 6.54 Å². The highest BCUT2D eigenvalue weighted by molar-refractivity contribution is 7.80. The Balaban J connectivity index is 2.90. The predicted molar refractivity (Wildman–Crippen MR) is 90.9 cm³/mol. The summed E-state index contributed by atoms with van der Waals surface area (Å²) in [5.74, 6) is 0. The first kappa shape index (κ1) is 17.7. The minimum absolute atomic E-state index is 0.00562. The van der Waals surface area contributed by atoms with Gasteiger partial charge in [0.15, 0.2) is 5.05 Å². The van der Waals surface area contributed by atoms with Gasteiger partial charge in [-0.05, 0) is 50.7 Å². The zero-order valence-corrected chi connectivity index (χ0v) is 14.6. The summed E-state index contributed by atoms with van der Waals surface area (Å²) in [7, 11) is 0. The summed E-state index contributed by atoms with van der Waals surface area (Å²) >= 11 is 17.2. The number of nitrogens with one attached hydrogen (secondary N) is 1. The van der Waals surface area contributed by atoms with Gasteiger partial charge in [-0.3, -0.25) is 0 Å². The van der Waals surface area contributed by atoms with Crippen molar-refractivity contribution in [1.82, 2.24) is 5.32 Å². The number of ether oxygens (including phenoxy) is 1. The number of benzene rings is 1. The second-order valence-electron chi connectivity index (χ2n) is 5.64. The first-order chi connectivity index (χ1) is 9.23. The highest BCUT2D eigenvalue weighted by Gasteiger charge is 2.19. The van der Waals surface area contributed by atoms with Crippen LogP contribution >= 0.6 is 35.4 Å². The lowest BCUT2D eigenvalue weighted by Crippen LogP contribution is -2.39. The average molecular weight is 334 g/mol. The summed E-state index contributed by atoms with van der Waals surface area (Å²) in [5, 5.41) is 5.08. The summed E-state index contributed by atoms with van der Waals surface area (Å²) in [6.45, 7) is 8.96. The van der Waals surface area contributed by atoms with Gasteiger partial charge < -0.3 is 10.1 Å². The monoisotopic (exact) mass is 333 g/mol. The minimum Gasteiger partial charge on any atom is -0.478 e. The molecule has 2 nitrogen and oxygen atoms in total. The Morgan fingerprint density at radius 1 is 1.30 bits per heavy atom. The quantitative estimate of drug-likeness (QED) is 0.750. The molecule has 0 aliphatic carbocycles. The molecule has 0 radical (unpaired) electrons. The number of hydrogen-bond donors (Lipinski definition) is 1. The summed E-state index contributed by atoms with van der Waals surface area (Å²) in [5.41, 5.74) is 0.970. The summed E-state index contributed by atoms with van der Waals surface area (Å²) in [6.07, 6.45) is 0.541. The Morgan fingerprint density at radius 2 is 1.95 bits per heavy atom. The molecule has 1 N–H and O–H groups in total. The highest BCUT2D eigenvalue weighted by Crippen LogP contribution is 2.27. The minimum atomic E-state index is -0.170. The van der Waals surface area contributed by atoms with Gasteiger partial charge in [0, 0.05) is 18.5 Å². The van der Waals surface area contributed by atoms with Gasteiger partial charge in [0.2, 0.25) is 0 Å². The molecule has 0 spiro atoms. The molecule has 0 saturated heterocycles. The maximum atomic E-state index is 6.08. The van der Waals surface area contributed by atoms with Crippen LogP contribution < -0.4 is 5.32 Å². The number of thiocarbonyl (C=S) groups is 1. The molecule has 0 saturated carbocycles. The molecular formula is C15H21Cl2NOS. The number of halogens is 2.